The van der Waals surface area contributed by atoms with Crippen LogP contribution in [0, 0.1) is 5.92 Å². The number of halogens is 1. The summed E-state index contributed by atoms with van der Waals surface area (Å²) in [4.78, 5) is 2.04. The third kappa shape index (κ3) is 2.34. The Kier molecular flexibility index (Phi) is 3.34. The highest BCUT2D eigenvalue weighted by molar-refractivity contribution is 9.09. The molecule has 0 fully saturated rings. The molecule has 0 radical (unpaired) electrons. The molecule has 2 heteroatoms. The van der Waals surface area contributed by atoms with E-state index in [0.29, 0.717) is 4.83 Å². The number of thiophene rings is 1. The molecule has 3 rings (SSSR count). The van der Waals surface area contributed by atoms with Gasteiger partial charge in [0, 0.05) is 9.70 Å². The van der Waals surface area contributed by atoms with E-state index in [9.17, 15) is 0 Å². The van der Waals surface area contributed by atoms with Gasteiger partial charge in [0.2, 0.25) is 0 Å². The zero-order chi connectivity index (χ0) is 11.7. The van der Waals surface area contributed by atoms with Crippen molar-refractivity contribution in [3.63, 3.8) is 0 Å². The minimum absolute atomic E-state index is 0.523. The van der Waals surface area contributed by atoms with E-state index in [1.165, 1.54) is 35.3 Å². The number of alkyl halides is 1. The van der Waals surface area contributed by atoms with Gasteiger partial charge in [-0.2, -0.15) is 0 Å². The van der Waals surface area contributed by atoms with Crippen LogP contribution in [0.5, 0.6) is 0 Å². The summed E-state index contributed by atoms with van der Waals surface area (Å²) >= 11 is 5.78. The van der Waals surface area contributed by atoms with Crippen molar-refractivity contribution in [2.45, 2.75) is 24.1 Å². The lowest BCUT2D eigenvalue weighted by Crippen LogP contribution is -2.18. The summed E-state index contributed by atoms with van der Waals surface area (Å²) in [6.07, 6.45) is 3.74. The average molecular weight is 307 g/mol. The van der Waals surface area contributed by atoms with Gasteiger partial charge < -0.3 is 0 Å². The maximum atomic E-state index is 3.90. The van der Waals surface area contributed by atoms with Gasteiger partial charge in [0.05, 0.1) is 0 Å². The van der Waals surface area contributed by atoms with Crippen LogP contribution in [0.3, 0.4) is 0 Å². The first-order chi connectivity index (χ1) is 8.34. The highest BCUT2D eigenvalue weighted by Gasteiger charge is 2.27. The summed E-state index contributed by atoms with van der Waals surface area (Å²) < 4.78 is 0. The molecule has 1 aromatic heterocycles. The fraction of sp³-hybridized carbons (Fsp3) is 0.333. The zero-order valence-corrected chi connectivity index (χ0v) is 12.0. The van der Waals surface area contributed by atoms with Crippen molar-refractivity contribution < 1.29 is 0 Å². The third-order valence-corrected chi connectivity index (χ3v) is 5.73. The van der Waals surface area contributed by atoms with Crippen LogP contribution in [0.25, 0.3) is 0 Å². The van der Waals surface area contributed by atoms with Crippen LogP contribution in [0.1, 0.15) is 27.3 Å². The van der Waals surface area contributed by atoms with Crippen molar-refractivity contribution in [2.24, 2.45) is 5.92 Å². The van der Waals surface area contributed by atoms with Crippen molar-refractivity contribution in [3.05, 3.63) is 57.8 Å². The summed E-state index contributed by atoms with van der Waals surface area (Å²) in [6, 6.07) is 13.3. The fourth-order valence-electron chi connectivity index (χ4n) is 2.66. The van der Waals surface area contributed by atoms with Gasteiger partial charge in [-0.25, -0.2) is 0 Å². The smallest absolute Gasteiger partial charge is 0.0429 e. The van der Waals surface area contributed by atoms with Crippen molar-refractivity contribution in [2.75, 3.05) is 0 Å². The molecular formula is C15H15BrS. The molecule has 1 aliphatic rings. The number of hydrogen-bond donors (Lipinski definition) is 0. The average Bonchev–Trinajstić information content (AvgIpc) is 2.86. The van der Waals surface area contributed by atoms with Crippen molar-refractivity contribution >= 4 is 27.3 Å². The van der Waals surface area contributed by atoms with Gasteiger partial charge in [-0.05, 0) is 47.8 Å². The molecule has 1 aromatic carbocycles. The summed E-state index contributed by atoms with van der Waals surface area (Å²) in [5, 5.41) is 2.18. The van der Waals surface area contributed by atoms with Crippen LogP contribution >= 0.6 is 27.3 Å². The normalized spacial score (nSPS) is 23.4. The van der Waals surface area contributed by atoms with Gasteiger partial charge in [-0.3, -0.25) is 0 Å². The van der Waals surface area contributed by atoms with Crippen LogP contribution in [-0.4, -0.2) is 0 Å². The molecule has 0 nitrogen and oxygen atoms in total. The van der Waals surface area contributed by atoms with Gasteiger partial charge in [-0.15, -0.1) is 11.3 Å². The van der Waals surface area contributed by atoms with E-state index < -0.39 is 0 Å². The standard InChI is InChI=1S/C15H15BrS/c16-15-12(10-13-5-3-9-17-13)8-7-11-4-1-2-6-14(11)15/h1-6,9,12,15H,7-8,10H2. The van der Waals surface area contributed by atoms with Crippen molar-refractivity contribution in [3.8, 4) is 0 Å². The number of benzene rings is 1. The van der Waals surface area contributed by atoms with Crippen LogP contribution in [0.15, 0.2) is 41.8 Å². The predicted octanol–water partition coefficient (Wildman–Crippen LogP) is 4.99. The quantitative estimate of drug-likeness (QED) is 0.686. The Hall–Kier alpha value is -0.600. The molecule has 2 aromatic rings. The summed E-state index contributed by atoms with van der Waals surface area (Å²) in [7, 11) is 0. The van der Waals surface area contributed by atoms with Gasteiger partial charge in [0.25, 0.3) is 0 Å². The third-order valence-electron chi connectivity index (χ3n) is 3.59. The molecule has 0 saturated heterocycles. The van der Waals surface area contributed by atoms with Crippen molar-refractivity contribution in [1.82, 2.24) is 0 Å². The summed E-state index contributed by atoms with van der Waals surface area (Å²) in [6.45, 7) is 0. The van der Waals surface area contributed by atoms with E-state index in [0.717, 1.165) is 5.92 Å². The molecule has 0 bridgehead atoms. The fourth-order valence-corrected chi connectivity index (χ4v) is 4.36. The molecule has 88 valence electrons. The van der Waals surface area contributed by atoms with Gasteiger partial charge >= 0.3 is 0 Å². The lowest BCUT2D eigenvalue weighted by molar-refractivity contribution is 0.455. The second-order valence-corrected chi connectivity index (χ2v) is 6.70. The maximum absolute atomic E-state index is 3.90. The molecule has 2 unspecified atom stereocenters. The topological polar surface area (TPSA) is 0 Å². The van der Waals surface area contributed by atoms with Crippen LogP contribution in [0.4, 0.5) is 0 Å². The largest absolute Gasteiger partial charge is 0.149 e. The van der Waals surface area contributed by atoms with Crippen LogP contribution < -0.4 is 0 Å². The van der Waals surface area contributed by atoms with E-state index in [2.05, 4.69) is 57.7 Å². The monoisotopic (exact) mass is 306 g/mol. The van der Waals surface area contributed by atoms with E-state index in [1.807, 2.05) is 11.3 Å². The predicted molar refractivity (Wildman–Crippen MR) is 77.9 cm³/mol. The van der Waals surface area contributed by atoms with Crippen molar-refractivity contribution in [1.29, 1.82) is 0 Å². The highest BCUT2D eigenvalue weighted by Crippen LogP contribution is 2.42. The lowest BCUT2D eigenvalue weighted by atomic mass is 9.82. The minimum atomic E-state index is 0.523. The summed E-state index contributed by atoms with van der Waals surface area (Å²) in [5.41, 5.74) is 3.03. The summed E-state index contributed by atoms with van der Waals surface area (Å²) in [5.74, 6) is 0.739. The molecule has 2 atom stereocenters. The van der Waals surface area contributed by atoms with Crippen LogP contribution in [-0.2, 0) is 12.8 Å². The second kappa shape index (κ2) is 4.95. The molecule has 17 heavy (non-hydrogen) atoms. The zero-order valence-electron chi connectivity index (χ0n) is 9.60. The SMILES string of the molecule is BrC1c2ccccc2CCC1Cc1cccs1. The Morgan fingerprint density at radius 2 is 2.06 bits per heavy atom. The molecular weight excluding hydrogens is 292 g/mol. The number of fused-ring (bicyclic) bond motifs is 1. The van der Waals surface area contributed by atoms with E-state index >= 15 is 0 Å². The van der Waals surface area contributed by atoms with Crippen LogP contribution in [0.2, 0.25) is 0 Å². The molecule has 0 spiro atoms. The highest BCUT2D eigenvalue weighted by atomic mass is 79.9. The molecule has 1 aliphatic carbocycles. The van der Waals surface area contributed by atoms with Gasteiger partial charge in [0.15, 0.2) is 0 Å². The first-order valence-corrected chi connectivity index (χ1v) is 7.88. The Morgan fingerprint density at radius 1 is 1.18 bits per heavy atom. The number of rotatable bonds is 2. The van der Waals surface area contributed by atoms with E-state index in [-0.39, 0.29) is 0 Å². The maximum Gasteiger partial charge on any atom is 0.0429 e. The molecule has 1 heterocycles. The Bertz CT molecular complexity index is 489. The lowest BCUT2D eigenvalue weighted by Gasteiger charge is -2.29. The minimum Gasteiger partial charge on any atom is -0.149 e. The molecule has 0 amide bonds. The first-order valence-electron chi connectivity index (χ1n) is 6.09. The Labute approximate surface area is 115 Å². The van der Waals surface area contributed by atoms with E-state index in [4.69, 9.17) is 0 Å². The first kappa shape index (κ1) is 11.5. The molecule has 0 aliphatic heterocycles. The Balaban J connectivity index is 1.82. The number of aryl methyl sites for hydroxylation is 1. The number of hydrogen-bond acceptors (Lipinski definition) is 1. The van der Waals surface area contributed by atoms with Gasteiger partial charge in [0.1, 0.15) is 0 Å². The van der Waals surface area contributed by atoms with Gasteiger partial charge in [-0.1, -0.05) is 46.3 Å². The molecule has 0 N–H and O–H groups in total. The van der Waals surface area contributed by atoms with E-state index in [1.54, 1.807) is 0 Å². The Morgan fingerprint density at radius 3 is 2.88 bits per heavy atom. The second-order valence-electron chi connectivity index (χ2n) is 4.68. The molecule has 0 saturated carbocycles.